The van der Waals surface area contributed by atoms with Crippen molar-refractivity contribution in [1.82, 2.24) is 14.6 Å². The van der Waals surface area contributed by atoms with Crippen LogP contribution in [0.15, 0.2) is 82.8 Å². The molecule has 0 atom stereocenters. The zero-order chi connectivity index (χ0) is 30.7. The highest BCUT2D eigenvalue weighted by molar-refractivity contribution is 6.32. The lowest BCUT2D eigenvalue weighted by molar-refractivity contribution is -0.385. The van der Waals surface area contributed by atoms with E-state index in [1.54, 1.807) is 36.4 Å². The van der Waals surface area contributed by atoms with Crippen molar-refractivity contribution in [3.63, 3.8) is 0 Å². The van der Waals surface area contributed by atoms with Gasteiger partial charge in [-0.3, -0.25) is 14.9 Å². The SMILES string of the molecule is CCOc1cc(C)c(-c2nc3ccccc3c(=O)n2N=Cc2ccc(Oc3ccc([N+](=O)[O-])cn3)c(Cl)c2)cc1C(C)C. The molecule has 0 saturated heterocycles. The highest BCUT2D eigenvalue weighted by atomic mass is 35.5. The molecule has 5 rings (SSSR count). The van der Waals surface area contributed by atoms with Gasteiger partial charge in [0.1, 0.15) is 17.7 Å². The van der Waals surface area contributed by atoms with Crippen LogP contribution in [0.3, 0.4) is 0 Å². The second kappa shape index (κ2) is 12.4. The summed E-state index contributed by atoms with van der Waals surface area (Å²) >= 11 is 6.47. The Labute approximate surface area is 252 Å². The fourth-order valence-corrected chi connectivity index (χ4v) is 4.76. The number of rotatable bonds is 9. The molecule has 0 spiro atoms. The molecule has 10 nitrogen and oxygen atoms in total. The van der Waals surface area contributed by atoms with Gasteiger partial charge in [0.25, 0.3) is 11.2 Å². The van der Waals surface area contributed by atoms with Crippen LogP contribution in [-0.2, 0) is 0 Å². The van der Waals surface area contributed by atoms with E-state index in [4.69, 9.17) is 26.1 Å². The van der Waals surface area contributed by atoms with Gasteiger partial charge in [0.2, 0.25) is 5.88 Å². The maximum Gasteiger partial charge on any atom is 0.287 e. The quantitative estimate of drug-likeness (QED) is 0.0977. The summed E-state index contributed by atoms with van der Waals surface area (Å²) in [6, 6.07) is 18.8. The predicted molar refractivity (Wildman–Crippen MR) is 167 cm³/mol. The molecule has 0 aliphatic heterocycles. The fourth-order valence-electron chi connectivity index (χ4n) is 4.53. The minimum atomic E-state index is -0.542. The first-order chi connectivity index (χ1) is 20.7. The first kappa shape index (κ1) is 29.4. The zero-order valence-electron chi connectivity index (χ0n) is 23.9. The van der Waals surface area contributed by atoms with Crippen LogP contribution in [0.2, 0.25) is 5.02 Å². The Morgan fingerprint density at radius 3 is 2.56 bits per heavy atom. The Hall–Kier alpha value is -5.09. The van der Waals surface area contributed by atoms with E-state index >= 15 is 0 Å². The molecular weight excluding hydrogens is 570 g/mol. The number of nitrogens with zero attached hydrogens (tertiary/aromatic N) is 5. The van der Waals surface area contributed by atoms with Gasteiger partial charge in [-0.05, 0) is 78.9 Å². The topological polar surface area (TPSA) is 122 Å². The van der Waals surface area contributed by atoms with Crippen molar-refractivity contribution in [3.05, 3.63) is 115 Å². The fraction of sp³-hybridized carbons (Fsp3) is 0.188. The average molecular weight is 598 g/mol. The first-order valence-corrected chi connectivity index (χ1v) is 14.0. The number of hydrogen-bond donors (Lipinski definition) is 0. The maximum atomic E-state index is 13.7. The van der Waals surface area contributed by atoms with Crippen LogP contribution in [0, 0.1) is 17.0 Å². The number of hydrogen-bond acceptors (Lipinski definition) is 8. The summed E-state index contributed by atoms with van der Waals surface area (Å²) in [6.45, 7) is 8.62. The minimum Gasteiger partial charge on any atom is -0.494 e. The number of pyridine rings is 1. The van der Waals surface area contributed by atoms with Gasteiger partial charge in [-0.1, -0.05) is 37.6 Å². The molecular formula is C32H28ClN5O5. The van der Waals surface area contributed by atoms with Gasteiger partial charge >= 0.3 is 0 Å². The second-order valence-corrected chi connectivity index (χ2v) is 10.4. The lowest BCUT2D eigenvalue weighted by Crippen LogP contribution is -2.20. The van der Waals surface area contributed by atoms with Crippen LogP contribution in [0.1, 0.15) is 43.4 Å². The van der Waals surface area contributed by atoms with Crippen LogP contribution in [0.4, 0.5) is 5.69 Å². The molecule has 5 aromatic rings. The summed E-state index contributed by atoms with van der Waals surface area (Å²) in [7, 11) is 0. The largest absolute Gasteiger partial charge is 0.494 e. The maximum absolute atomic E-state index is 13.7. The van der Waals surface area contributed by atoms with E-state index in [9.17, 15) is 14.9 Å². The number of fused-ring (bicyclic) bond motifs is 1. The van der Waals surface area contributed by atoms with Crippen molar-refractivity contribution in [3.8, 4) is 28.8 Å². The molecule has 11 heteroatoms. The molecule has 218 valence electrons. The first-order valence-electron chi connectivity index (χ1n) is 13.6. The van der Waals surface area contributed by atoms with Crippen molar-refractivity contribution in [2.24, 2.45) is 5.10 Å². The van der Waals surface area contributed by atoms with Crippen molar-refractivity contribution in [2.45, 2.75) is 33.6 Å². The van der Waals surface area contributed by atoms with E-state index in [0.717, 1.165) is 28.6 Å². The van der Waals surface area contributed by atoms with Crippen molar-refractivity contribution >= 4 is 34.4 Å². The third-order valence-electron chi connectivity index (χ3n) is 6.70. The van der Waals surface area contributed by atoms with Crippen molar-refractivity contribution < 1.29 is 14.4 Å². The van der Waals surface area contributed by atoms with Crippen molar-refractivity contribution in [1.29, 1.82) is 0 Å². The van der Waals surface area contributed by atoms with Crippen LogP contribution < -0.4 is 15.0 Å². The standard InChI is InChI=1S/C32H28ClN5O5/c1-5-42-29-14-20(4)25(16-24(29)19(2)3)31-36-27-9-7-6-8-23(27)32(39)37(31)35-17-21-10-12-28(26(33)15-21)43-30-13-11-22(18-34-30)38(40)41/h6-19H,5H2,1-4H3. The van der Waals surface area contributed by atoms with Gasteiger partial charge in [0, 0.05) is 17.7 Å². The predicted octanol–water partition coefficient (Wildman–Crippen LogP) is 7.53. The third kappa shape index (κ3) is 6.24. The lowest BCUT2D eigenvalue weighted by Gasteiger charge is -2.18. The smallest absolute Gasteiger partial charge is 0.287 e. The van der Waals surface area contributed by atoms with Crippen LogP contribution in [-0.4, -0.2) is 32.4 Å². The van der Waals surface area contributed by atoms with E-state index in [1.807, 2.05) is 32.0 Å². The molecule has 0 aliphatic rings. The normalized spacial score (nSPS) is 11.4. The second-order valence-electron chi connectivity index (χ2n) is 10.0. The van der Waals surface area contributed by atoms with Gasteiger partial charge in [0.05, 0.1) is 33.7 Å². The van der Waals surface area contributed by atoms with E-state index in [-0.39, 0.29) is 28.1 Å². The molecule has 0 fully saturated rings. The van der Waals surface area contributed by atoms with Gasteiger partial charge in [0.15, 0.2) is 5.82 Å². The summed E-state index contributed by atoms with van der Waals surface area (Å²) in [6.07, 6.45) is 2.63. The van der Waals surface area contributed by atoms with Gasteiger partial charge in [-0.2, -0.15) is 9.78 Å². The molecule has 0 bridgehead atoms. The van der Waals surface area contributed by atoms with Crippen LogP contribution >= 0.6 is 11.6 Å². The Bertz CT molecular complexity index is 1920. The third-order valence-corrected chi connectivity index (χ3v) is 6.99. The van der Waals surface area contributed by atoms with Gasteiger partial charge in [-0.15, -0.1) is 0 Å². The zero-order valence-corrected chi connectivity index (χ0v) is 24.7. The number of ether oxygens (including phenoxy) is 2. The molecule has 0 N–H and O–H groups in total. The Morgan fingerprint density at radius 1 is 1.09 bits per heavy atom. The van der Waals surface area contributed by atoms with Gasteiger partial charge < -0.3 is 9.47 Å². The molecule has 2 heterocycles. The van der Waals surface area contributed by atoms with E-state index in [1.165, 1.54) is 23.0 Å². The molecule has 0 saturated carbocycles. The molecule has 43 heavy (non-hydrogen) atoms. The summed E-state index contributed by atoms with van der Waals surface area (Å²) in [5, 5.41) is 16.1. The Kier molecular flexibility index (Phi) is 8.49. The van der Waals surface area contributed by atoms with Crippen LogP contribution in [0.5, 0.6) is 17.4 Å². The summed E-state index contributed by atoms with van der Waals surface area (Å²) in [4.78, 5) is 32.9. The molecule has 2 aromatic heterocycles. The molecule has 0 amide bonds. The average Bonchev–Trinajstić information content (AvgIpc) is 2.98. The molecule has 0 aliphatic carbocycles. The number of aromatic nitrogens is 3. The monoisotopic (exact) mass is 597 g/mol. The highest BCUT2D eigenvalue weighted by Crippen LogP contribution is 2.34. The molecule has 0 unspecified atom stereocenters. The Morgan fingerprint density at radius 2 is 1.88 bits per heavy atom. The molecule has 0 radical (unpaired) electrons. The lowest BCUT2D eigenvalue weighted by atomic mass is 9.96. The Balaban J connectivity index is 1.55. The number of para-hydroxylation sites is 1. The summed E-state index contributed by atoms with van der Waals surface area (Å²) < 4.78 is 12.9. The van der Waals surface area contributed by atoms with E-state index < -0.39 is 4.92 Å². The van der Waals surface area contributed by atoms with Gasteiger partial charge in [-0.25, -0.2) is 9.97 Å². The minimum absolute atomic E-state index is 0.149. The number of aryl methyl sites for hydroxylation is 1. The summed E-state index contributed by atoms with van der Waals surface area (Å²) in [5.74, 6) is 1.83. The number of nitro groups is 1. The highest BCUT2D eigenvalue weighted by Gasteiger charge is 2.19. The number of benzene rings is 3. The van der Waals surface area contributed by atoms with Crippen molar-refractivity contribution in [2.75, 3.05) is 6.61 Å². The summed E-state index contributed by atoms with van der Waals surface area (Å²) in [5.41, 5.74) is 3.37. The molecule has 3 aromatic carbocycles. The van der Waals surface area contributed by atoms with E-state index in [0.29, 0.717) is 34.6 Å². The van der Waals surface area contributed by atoms with E-state index in [2.05, 4.69) is 23.9 Å². The van der Waals surface area contributed by atoms with Crippen LogP contribution in [0.25, 0.3) is 22.3 Å². The number of halogens is 1.